The predicted molar refractivity (Wildman–Crippen MR) is 148 cm³/mol. The fraction of sp³-hybridized carbons (Fsp3) is 0.286. The van der Waals surface area contributed by atoms with Gasteiger partial charge in [0.15, 0.2) is 4.80 Å². The number of thiazole rings is 1. The molecule has 0 fully saturated rings. The van der Waals surface area contributed by atoms with Gasteiger partial charge in [0.25, 0.3) is 5.56 Å². The van der Waals surface area contributed by atoms with Gasteiger partial charge < -0.3 is 14.2 Å². The summed E-state index contributed by atoms with van der Waals surface area (Å²) < 4.78 is 19.1. The topological polar surface area (TPSA) is 96.2 Å². The number of hydrogen-bond donors (Lipinski definition) is 0. The number of hydrogen-bond acceptors (Lipinski definition) is 8. The highest BCUT2D eigenvalue weighted by Crippen LogP contribution is 2.36. The van der Waals surface area contributed by atoms with Crippen LogP contribution in [-0.4, -0.2) is 29.2 Å². The number of ether oxygens (including phenoxy) is 3. The Morgan fingerprint density at radius 3 is 2.58 bits per heavy atom. The zero-order valence-corrected chi connectivity index (χ0v) is 24.0. The van der Waals surface area contributed by atoms with E-state index in [1.54, 1.807) is 38.1 Å². The molecule has 0 aliphatic carbocycles. The molecular weight excluding hydrogens is 572 g/mol. The first-order chi connectivity index (χ1) is 18.1. The maximum Gasteiger partial charge on any atom is 0.338 e. The lowest BCUT2D eigenvalue weighted by Gasteiger charge is -2.26. The molecule has 2 heterocycles. The van der Waals surface area contributed by atoms with Crippen molar-refractivity contribution in [3.63, 3.8) is 0 Å². The van der Waals surface area contributed by atoms with Crippen LogP contribution in [0, 0.1) is 0 Å². The van der Waals surface area contributed by atoms with Gasteiger partial charge in [0.2, 0.25) is 0 Å². The molecular formula is C28H27BrN2O6S. The molecule has 198 valence electrons. The van der Waals surface area contributed by atoms with E-state index >= 15 is 0 Å². The Kier molecular flexibility index (Phi) is 8.32. The van der Waals surface area contributed by atoms with Gasteiger partial charge in [-0.25, -0.2) is 9.79 Å². The molecule has 0 spiro atoms. The monoisotopic (exact) mass is 598 g/mol. The summed E-state index contributed by atoms with van der Waals surface area (Å²) in [7, 11) is 0. The van der Waals surface area contributed by atoms with Crippen molar-refractivity contribution >= 4 is 45.3 Å². The van der Waals surface area contributed by atoms with Crippen LogP contribution in [0.3, 0.4) is 0 Å². The Bertz CT molecular complexity index is 1620. The summed E-state index contributed by atoms with van der Waals surface area (Å²) in [4.78, 5) is 43.4. The maximum absolute atomic E-state index is 13.9. The van der Waals surface area contributed by atoms with Crippen molar-refractivity contribution in [3.8, 4) is 11.5 Å². The third-order valence-electron chi connectivity index (χ3n) is 5.60. The van der Waals surface area contributed by atoms with E-state index in [-0.39, 0.29) is 18.3 Å². The summed E-state index contributed by atoms with van der Waals surface area (Å²) in [6, 6.07) is 11.8. The highest BCUT2D eigenvalue weighted by molar-refractivity contribution is 9.10. The Morgan fingerprint density at radius 2 is 1.92 bits per heavy atom. The Labute approximate surface area is 232 Å². The molecule has 1 aromatic heterocycles. The van der Waals surface area contributed by atoms with Crippen LogP contribution in [-0.2, 0) is 14.3 Å². The molecule has 0 saturated carbocycles. The highest BCUT2D eigenvalue weighted by Gasteiger charge is 2.35. The Morgan fingerprint density at radius 1 is 1.18 bits per heavy atom. The first-order valence-corrected chi connectivity index (χ1v) is 13.6. The molecule has 10 heteroatoms. The van der Waals surface area contributed by atoms with E-state index in [0.717, 1.165) is 5.56 Å². The fourth-order valence-corrected chi connectivity index (χ4v) is 5.67. The third-order valence-corrected chi connectivity index (χ3v) is 7.20. The molecule has 0 amide bonds. The number of para-hydroxylation sites is 1. The van der Waals surface area contributed by atoms with Gasteiger partial charge in [-0.1, -0.05) is 35.6 Å². The summed E-state index contributed by atoms with van der Waals surface area (Å²) in [5.74, 6) is -0.00484. The van der Waals surface area contributed by atoms with E-state index < -0.39 is 18.0 Å². The van der Waals surface area contributed by atoms with Gasteiger partial charge in [0, 0.05) is 12.5 Å². The Balaban J connectivity index is 1.92. The van der Waals surface area contributed by atoms with Crippen molar-refractivity contribution in [1.29, 1.82) is 0 Å². The number of allylic oxidation sites excluding steroid dienone is 1. The van der Waals surface area contributed by atoms with E-state index in [2.05, 4.69) is 20.9 Å². The molecule has 0 N–H and O–H groups in total. The van der Waals surface area contributed by atoms with Crippen LogP contribution in [0.1, 0.15) is 51.8 Å². The van der Waals surface area contributed by atoms with Crippen LogP contribution < -0.4 is 24.4 Å². The fourth-order valence-electron chi connectivity index (χ4n) is 4.15. The largest absolute Gasteiger partial charge is 0.491 e. The van der Waals surface area contributed by atoms with Crippen molar-refractivity contribution in [2.75, 3.05) is 6.61 Å². The van der Waals surface area contributed by atoms with Crippen LogP contribution >= 0.6 is 27.3 Å². The van der Waals surface area contributed by atoms with Crippen molar-refractivity contribution < 1.29 is 23.8 Å². The number of carbonyl (C=O) groups is 2. The normalized spacial score (nSPS) is 15.2. The summed E-state index contributed by atoms with van der Waals surface area (Å²) in [6.45, 7) is 8.83. The van der Waals surface area contributed by atoms with Crippen LogP contribution in [0.5, 0.6) is 11.5 Å². The second kappa shape index (κ2) is 11.5. The average Bonchev–Trinajstić information content (AvgIpc) is 3.14. The molecule has 2 aromatic carbocycles. The second-order valence-electron chi connectivity index (χ2n) is 8.79. The van der Waals surface area contributed by atoms with Gasteiger partial charge >= 0.3 is 11.9 Å². The summed E-state index contributed by atoms with van der Waals surface area (Å²) in [6.07, 6.45) is 1.62. The summed E-state index contributed by atoms with van der Waals surface area (Å²) in [5.41, 5.74) is 1.86. The smallest absolute Gasteiger partial charge is 0.338 e. The van der Waals surface area contributed by atoms with Gasteiger partial charge in [-0.2, -0.15) is 0 Å². The molecule has 8 nitrogen and oxygen atoms in total. The highest BCUT2D eigenvalue weighted by atomic mass is 79.9. The molecule has 0 bridgehead atoms. The zero-order valence-electron chi connectivity index (χ0n) is 21.6. The van der Waals surface area contributed by atoms with Gasteiger partial charge in [-0.05, 0) is 73.5 Å². The molecule has 38 heavy (non-hydrogen) atoms. The van der Waals surface area contributed by atoms with E-state index in [1.807, 2.05) is 38.1 Å². The number of aromatic nitrogens is 1. The minimum Gasteiger partial charge on any atom is -0.491 e. The van der Waals surface area contributed by atoms with E-state index in [9.17, 15) is 14.4 Å². The number of carbonyl (C=O) groups excluding carboxylic acids is 2. The van der Waals surface area contributed by atoms with Crippen molar-refractivity contribution in [2.24, 2.45) is 4.99 Å². The predicted octanol–water partition coefficient (Wildman–Crippen LogP) is 4.27. The number of esters is 2. The first-order valence-electron chi connectivity index (χ1n) is 12.0. The Hall–Kier alpha value is -3.50. The molecule has 0 radical (unpaired) electrons. The quantitative estimate of drug-likeness (QED) is 0.297. The number of nitrogens with zero attached hydrogens (tertiary/aromatic N) is 2. The van der Waals surface area contributed by atoms with Gasteiger partial charge in [-0.3, -0.25) is 14.2 Å². The van der Waals surface area contributed by atoms with Gasteiger partial charge in [0.1, 0.15) is 17.5 Å². The standard InChI is InChI=1S/C28H27BrN2O6S/c1-6-35-27(34)24-16(4)30-28-31(25(24)19-9-7-8-10-21(19)36-15(2)3)26(33)23(38-28)14-18-11-12-22(20(29)13-18)37-17(5)32/h7-15,25H,6H2,1-5H3/b23-14-/t25-/m1/s1. The van der Waals surface area contributed by atoms with Crippen LogP contribution in [0.2, 0.25) is 0 Å². The second-order valence-corrected chi connectivity index (χ2v) is 10.7. The molecule has 0 saturated heterocycles. The summed E-state index contributed by atoms with van der Waals surface area (Å²) >= 11 is 4.64. The number of fused-ring (bicyclic) bond motifs is 1. The number of rotatable bonds is 7. The minimum atomic E-state index is -0.777. The minimum absolute atomic E-state index is 0.114. The molecule has 1 atom stereocenters. The third kappa shape index (κ3) is 5.66. The van der Waals surface area contributed by atoms with Crippen molar-refractivity contribution in [1.82, 2.24) is 4.57 Å². The lowest BCUT2D eigenvalue weighted by Crippen LogP contribution is -2.40. The lowest BCUT2D eigenvalue weighted by molar-refractivity contribution is -0.139. The molecule has 1 aliphatic rings. The van der Waals surface area contributed by atoms with Crippen LogP contribution in [0.15, 0.2) is 68.0 Å². The molecule has 0 unspecified atom stereocenters. The lowest BCUT2D eigenvalue weighted by atomic mass is 9.95. The van der Waals surface area contributed by atoms with Gasteiger partial charge in [0.05, 0.1) is 33.0 Å². The number of benzene rings is 2. The maximum atomic E-state index is 13.9. The average molecular weight is 600 g/mol. The number of halogens is 1. The van der Waals surface area contributed by atoms with Crippen LogP contribution in [0.4, 0.5) is 0 Å². The zero-order chi connectivity index (χ0) is 27.6. The molecule has 4 rings (SSSR count). The summed E-state index contributed by atoms with van der Waals surface area (Å²) in [5, 5.41) is 0. The van der Waals surface area contributed by atoms with Crippen molar-refractivity contribution in [2.45, 2.75) is 46.8 Å². The van der Waals surface area contributed by atoms with E-state index in [0.29, 0.717) is 42.1 Å². The molecule has 1 aliphatic heterocycles. The van der Waals surface area contributed by atoms with E-state index in [1.165, 1.54) is 22.8 Å². The van der Waals surface area contributed by atoms with Crippen LogP contribution in [0.25, 0.3) is 6.08 Å². The van der Waals surface area contributed by atoms with Gasteiger partial charge in [-0.15, -0.1) is 0 Å². The van der Waals surface area contributed by atoms with E-state index in [4.69, 9.17) is 14.2 Å². The van der Waals surface area contributed by atoms with Crippen molar-refractivity contribution in [3.05, 3.63) is 89.0 Å². The first kappa shape index (κ1) is 27.5. The molecule has 3 aromatic rings. The SMILES string of the molecule is CCOC(=O)C1=C(C)N=c2s/c(=C\c3ccc(OC(C)=O)c(Br)c3)c(=O)n2[C@@H]1c1ccccc1OC(C)C.